The molecule has 0 aliphatic rings. The van der Waals surface area contributed by atoms with Crippen LogP contribution in [0.25, 0.3) is 0 Å². The lowest BCUT2D eigenvalue weighted by atomic mass is 10.1. The maximum absolute atomic E-state index is 11.9. The third kappa shape index (κ3) is 3.99. The minimum atomic E-state index is -0.311. The largest absolute Gasteiger partial charge is 0.506 e. The minimum absolute atomic E-state index is 0.0572. The summed E-state index contributed by atoms with van der Waals surface area (Å²) in [6.45, 7) is 5.71. The van der Waals surface area contributed by atoms with Gasteiger partial charge in [0.05, 0.1) is 5.69 Å². The molecule has 0 saturated carbocycles. The van der Waals surface area contributed by atoms with Crippen molar-refractivity contribution in [2.45, 2.75) is 20.8 Å². The third-order valence-electron chi connectivity index (χ3n) is 3.28. The van der Waals surface area contributed by atoms with Crippen LogP contribution in [0.3, 0.4) is 0 Å². The molecule has 0 saturated heterocycles. The van der Waals surface area contributed by atoms with Gasteiger partial charge in [-0.05, 0) is 56.2 Å². The number of phenolic OH excluding ortho intramolecular Hbond substituents is 1. The number of aromatic hydroxyl groups is 1. The molecule has 0 spiro atoms. The summed E-state index contributed by atoms with van der Waals surface area (Å²) >= 11 is 0. The number of carbonyl (C=O) groups excluding carboxylic acids is 1. The lowest BCUT2D eigenvalue weighted by molar-refractivity contribution is -0.118. The Morgan fingerprint density at radius 3 is 2.38 bits per heavy atom. The molecule has 0 aliphatic carbocycles. The predicted molar refractivity (Wildman–Crippen MR) is 82.9 cm³/mol. The number of hydrogen-bond donors (Lipinski definition) is 2. The zero-order chi connectivity index (χ0) is 15.4. The zero-order valence-corrected chi connectivity index (χ0v) is 12.4. The van der Waals surface area contributed by atoms with Crippen molar-refractivity contribution in [3.05, 3.63) is 53.1 Å². The van der Waals surface area contributed by atoms with E-state index in [2.05, 4.69) is 5.32 Å². The first-order chi connectivity index (χ1) is 9.95. The molecule has 2 rings (SSSR count). The smallest absolute Gasteiger partial charge is 0.262 e. The summed E-state index contributed by atoms with van der Waals surface area (Å²) < 4.78 is 5.40. The monoisotopic (exact) mass is 285 g/mol. The molecule has 0 radical (unpaired) electrons. The molecule has 0 aromatic heterocycles. The van der Waals surface area contributed by atoms with Crippen LogP contribution in [0, 0.1) is 20.8 Å². The van der Waals surface area contributed by atoms with E-state index in [1.165, 1.54) is 0 Å². The first-order valence-corrected chi connectivity index (χ1v) is 6.75. The Hall–Kier alpha value is -2.49. The van der Waals surface area contributed by atoms with Crippen molar-refractivity contribution >= 4 is 11.6 Å². The topological polar surface area (TPSA) is 58.6 Å². The summed E-state index contributed by atoms with van der Waals surface area (Å²) in [5.41, 5.74) is 3.51. The second kappa shape index (κ2) is 6.31. The molecule has 0 aliphatic heterocycles. The predicted octanol–water partition coefficient (Wildman–Crippen LogP) is 3.33. The molecular formula is C17H19NO3. The van der Waals surface area contributed by atoms with E-state index in [-0.39, 0.29) is 18.3 Å². The molecule has 2 aromatic carbocycles. The average Bonchev–Trinajstić information content (AvgIpc) is 2.44. The van der Waals surface area contributed by atoms with Crippen molar-refractivity contribution in [2.24, 2.45) is 0 Å². The van der Waals surface area contributed by atoms with Crippen molar-refractivity contribution in [1.29, 1.82) is 0 Å². The standard InChI is InChI=1S/C17H19NO3/c1-11-4-6-14(7-5-11)21-10-17(20)18-15-8-12(2)13(3)9-16(15)19/h4-9,19H,10H2,1-3H3,(H,18,20). The maximum atomic E-state index is 11.9. The number of anilines is 1. The van der Waals surface area contributed by atoms with Crippen LogP contribution in [0.4, 0.5) is 5.69 Å². The van der Waals surface area contributed by atoms with Gasteiger partial charge in [-0.1, -0.05) is 17.7 Å². The van der Waals surface area contributed by atoms with Crippen LogP contribution in [0.2, 0.25) is 0 Å². The van der Waals surface area contributed by atoms with Gasteiger partial charge in [0.2, 0.25) is 0 Å². The summed E-state index contributed by atoms with van der Waals surface area (Å²) in [5.74, 6) is 0.385. The van der Waals surface area contributed by atoms with Crippen LogP contribution in [-0.4, -0.2) is 17.6 Å². The molecule has 0 bridgehead atoms. The minimum Gasteiger partial charge on any atom is -0.506 e. The van der Waals surface area contributed by atoms with Crippen LogP contribution in [0.1, 0.15) is 16.7 Å². The Balaban J connectivity index is 1.96. The Labute approximate surface area is 124 Å². The molecule has 4 heteroatoms. The highest BCUT2D eigenvalue weighted by molar-refractivity contribution is 5.93. The highest BCUT2D eigenvalue weighted by Gasteiger charge is 2.09. The molecule has 2 N–H and O–H groups in total. The van der Waals surface area contributed by atoms with Gasteiger partial charge in [0, 0.05) is 0 Å². The summed E-state index contributed by atoms with van der Waals surface area (Å²) in [6.07, 6.45) is 0. The normalized spacial score (nSPS) is 10.2. The summed E-state index contributed by atoms with van der Waals surface area (Å²) in [6, 6.07) is 10.8. The number of carbonyl (C=O) groups is 1. The summed E-state index contributed by atoms with van der Waals surface area (Å²) in [7, 11) is 0. The number of rotatable bonds is 4. The molecule has 0 atom stereocenters. The van der Waals surface area contributed by atoms with Crippen molar-refractivity contribution in [3.63, 3.8) is 0 Å². The van der Waals surface area contributed by atoms with E-state index < -0.39 is 0 Å². The third-order valence-corrected chi connectivity index (χ3v) is 3.28. The van der Waals surface area contributed by atoms with Crippen molar-refractivity contribution < 1.29 is 14.6 Å². The molecule has 21 heavy (non-hydrogen) atoms. The van der Waals surface area contributed by atoms with Crippen LogP contribution in [-0.2, 0) is 4.79 Å². The van der Waals surface area contributed by atoms with Gasteiger partial charge in [-0.25, -0.2) is 0 Å². The lowest BCUT2D eigenvalue weighted by Gasteiger charge is -2.11. The fourth-order valence-electron chi connectivity index (χ4n) is 1.87. The number of aryl methyl sites for hydroxylation is 3. The SMILES string of the molecule is Cc1ccc(OCC(=O)Nc2cc(C)c(C)cc2O)cc1. The Bertz CT molecular complexity index is 648. The molecule has 0 unspecified atom stereocenters. The van der Waals surface area contributed by atoms with E-state index in [9.17, 15) is 9.90 Å². The van der Waals surface area contributed by atoms with E-state index in [0.29, 0.717) is 11.4 Å². The lowest BCUT2D eigenvalue weighted by Crippen LogP contribution is -2.20. The zero-order valence-electron chi connectivity index (χ0n) is 12.4. The van der Waals surface area contributed by atoms with E-state index in [1.807, 2.05) is 45.0 Å². The summed E-state index contributed by atoms with van der Waals surface area (Å²) in [4.78, 5) is 11.9. The Morgan fingerprint density at radius 2 is 1.71 bits per heavy atom. The Morgan fingerprint density at radius 1 is 1.10 bits per heavy atom. The van der Waals surface area contributed by atoms with E-state index in [4.69, 9.17) is 4.74 Å². The van der Waals surface area contributed by atoms with E-state index in [0.717, 1.165) is 16.7 Å². The van der Waals surface area contributed by atoms with E-state index >= 15 is 0 Å². The van der Waals surface area contributed by atoms with Gasteiger partial charge in [0.15, 0.2) is 6.61 Å². The van der Waals surface area contributed by atoms with Gasteiger partial charge in [0.25, 0.3) is 5.91 Å². The number of nitrogens with one attached hydrogen (secondary N) is 1. The van der Waals surface area contributed by atoms with Gasteiger partial charge in [0.1, 0.15) is 11.5 Å². The second-order valence-corrected chi connectivity index (χ2v) is 5.10. The quantitative estimate of drug-likeness (QED) is 0.847. The number of amides is 1. The van der Waals surface area contributed by atoms with Gasteiger partial charge in [-0.2, -0.15) is 0 Å². The Kier molecular flexibility index (Phi) is 4.48. The fourth-order valence-corrected chi connectivity index (χ4v) is 1.87. The first kappa shape index (κ1) is 14.9. The summed E-state index contributed by atoms with van der Waals surface area (Å²) in [5, 5.41) is 12.5. The molecule has 0 fully saturated rings. The van der Waals surface area contributed by atoms with Crippen LogP contribution < -0.4 is 10.1 Å². The van der Waals surface area contributed by atoms with Gasteiger partial charge in [-0.15, -0.1) is 0 Å². The van der Waals surface area contributed by atoms with Crippen molar-refractivity contribution in [2.75, 3.05) is 11.9 Å². The van der Waals surface area contributed by atoms with Crippen LogP contribution >= 0.6 is 0 Å². The highest BCUT2D eigenvalue weighted by Crippen LogP contribution is 2.26. The molecule has 110 valence electrons. The number of ether oxygens (including phenoxy) is 1. The molecule has 2 aromatic rings. The number of hydrogen-bond acceptors (Lipinski definition) is 3. The average molecular weight is 285 g/mol. The van der Waals surface area contributed by atoms with E-state index in [1.54, 1.807) is 12.1 Å². The van der Waals surface area contributed by atoms with Gasteiger partial charge >= 0.3 is 0 Å². The first-order valence-electron chi connectivity index (χ1n) is 6.75. The molecule has 0 heterocycles. The van der Waals surface area contributed by atoms with Crippen molar-refractivity contribution in [1.82, 2.24) is 0 Å². The van der Waals surface area contributed by atoms with Crippen LogP contribution in [0.5, 0.6) is 11.5 Å². The number of benzene rings is 2. The van der Waals surface area contributed by atoms with Crippen LogP contribution in [0.15, 0.2) is 36.4 Å². The maximum Gasteiger partial charge on any atom is 0.262 e. The number of phenols is 1. The highest BCUT2D eigenvalue weighted by atomic mass is 16.5. The van der Waals surface area contributed by atoms with Crippen molar-refractivity contribution in [3.8, 4) is 11.5 Å². The van der Waals surface area contributed by atoms with Gasteiger partial charge < -0.3 is 15.2 Å². The second-order valence-electron chi connectivity index (χ2n) is 5.10. The fraction of sp³-hybridized carbons (Fsp3) is 0.235. The molecular weight excluding hydrogens is 266 g/mol. The molecule has 1 amide bonds. The molecule has 4 nitrogen and oxygen atoms in total. The van der Waals surface area contributed by atoms with Gasteiger partial charge in [-0.3, -0.25) is 4.79 Å².